The molecule has 0 atom stereocenters. The van der Waals surface area contributed by atoms with E-state index in [9.17, 15) is 22.0 Å². The number of halogens is 6. The van der Waals surface area contributed by atoms with Crippen LogP contribution in [0.15, 0.2) is 6.20 Å². The van der Waals surface area contributed by atoms with E-state index >= 15 is 0 Å². The van der Waals surface area contributed by atoms with E-state index in [0.717, 1.165) is 0 Å². The average molecular weight is 369 g/mol. The molecule has 1 heterocycles. The van der Waals surface area contributed by atoms with Gasteiger partial charge in [0.1, 0.15) is 0 Å². The number of hydrogen-bond acceptors (Lipinski definition) is 3. The second kappa shape index (κ2) is 5.29. The molecule has 3 nitrogen and oxygen atoms in total. The predicted octanol–water partition coefficient (Wildman–Crippen LogP) is 3.01. The zero-order chi connectivity index (χ0) is 13.2. The van der Waals surface area contributed by atoms with Crippen molar-refractivity contribution in [3.05, 3.63) is 21.0 Å². The molecule has 0 aliphatic carbocycles. The van der Waals surface area contributed by atoms with Crippen molar-refractivity contribution in [3.8, 4) is 5.75 Å². The third-order valence-electron chi connectivity index (χ3n) is 1.69. The molecule has 1 rings (SSSR count). The van der Waals surface area contributed by atoms with Crippen LogP contribution >= 0.6 is 22.6 Å². The van der Waals surface area contributed by atoms with Gasteiger partial charge in [-0.25, -0.2) is 8.78 Å². The Kier molecular flexibility index (Phi) is 4.47. The SMILES string of the molecule is OCc1ncc(OC(F)(F)F)c(C(F)F)c1I. The van der Waals surface area contributed by atoms with Gasteiger partial charge in [0, 0.05) is 3.57 Å². The van der Waals surface area contributed by atoms with E-state index in [1.54, 1.807) is 0 Å². The first-order valence-electron chi connectivity index (χ1n) is 4.08. The van der Waals surface area contributed by atoms with E-state index in [0.29, 0.717) is 6.20 Å². The lowest BCUT2D eigenvalue weighted by molar-refractivity contribution is -0.275. The molecule has 1 N–H and O–H groups in total. The van der Waals surface area contributed by atoms with Crippen LogP contribution in [0.2, 0.25) is 0 Å². The third-order valence-corrected chi connectivity index (χ3v) is 2.89. The van der Waals surface area contributed by atoms with Crippen LogP contribution in [0.3, 0.4) is 0 Å². The maximum Gasteiger partial charge on any atom is 0.573 e. The van der Waals surface area contributed by atoms with Gasteiger partial charge in [0.15, 0.2) is 5.75 Å². The van der Waals surface area contributed by atoms with Crippen LogP contribution in [0.25, 0.3) is 0 Å². The highest BCUT2D eigenvalue weighted by Crippen LogP contribution is 2.36. The Bertz CT molecular complexity index is 410. The lowest BCUT2D eigenvalue weighted by atomic mass is 10.2. The molecule has 96 valence electrons. The van der Waals surface area contributed by atoms with Crippen LogP contribution in [-0.4, -0.2) is 16.5 Å². The number of alkyl halides is 5. The van der Waals surface area contributed by atoms with Crippen LogP contribution in [0, 0.1) is 3.57 Å². The van der Waals surface area contributed by atoms with Crippen molar-refractivity contribution in [2.45, 2.75) is 19.4 Å². The quantitative estimate of drug-likeness (QED) is 0.658. The first-order chi connectivity index (χ1) is 7.76. The second-order valence-corrected chi connectivity index (χ2v) is 3.88. The number of aliphatic hydroxyl groups is 1. The van der Waals surface area contributed by atoms with Gasteiger partial charge in [-0.3, -0.25) is 4.98 Å². The molecule has 0 radical (unpaired) electrons. The van der Waals surface area contributed by atoms with Crippen molar-refractivity contribution in [2.75, 3.05) is 0 Å². The number of nitrogens with zero attached hydrogens (tertiary/aromatic N) is 1. The molecule has 0 aliphatic heterocycles. The molecule has 1 aromatic heterocycles. The Morgan fingerprint density at radius 3 is 2.41 bits per heavy atom. The van der Waals surface area contributed by atoms with Crippen LogP contribution in [0.1, 0.15) is 17.7 Å². The first kappa shape index (κ1) is 14.4. The van der Waals surface area contributed by atoms with Crippen molar-refractivity contribution in [3.63, 3.8) is 0 Å². The summed E-state index contributed by atoms with van der Waals surface area (Å²) in [5.74, 6) is -1.06. The van der Waals surface area contributed by atoms with E-state index < -0.39 is 30.7 Å². The fourth-order valence-corrected chi connectivity index (χ4v) is 1.86. The molecule has 0 aliphatic rings. The molecule has 0 unspecified atom stereocenters. The highest BCUT2D eigenvalue weighted by molar-refractivity contribution is 14.1. The molecule has 0 saturated heterocycles. The summed E-state index contributed by atoms with van der Waals surface area (Å²) in [4.78, 5) is 3.41. The fraction of sp³-hybridized carbons (Fsp3) is 0.375. The van der Waals surface area contributed by atoms with Gasteiger partial charge in [-0.2, -0.15) is 0 Å². The molecule has 0 saturated carbocycles. The molecule has 0 spiro atoms. The highest BCUT2D eigenvalue weighted by Gasteiger charge is 2.34. The lowest BCUT2D eigenvalue weighted by Gasteiger charge is -2.15. The minimum absolute atomic E-state index is 0.129. The Balaban J connectivity index is 3.27. The van der Waals surface area contributed by atoms with Crippen molar-refractivity contribution < 1.29 is 31.8 Å². The van der Waals surface area contributed by atoms with Crippen molar-refractivity contribution >= 4 is 22.6 Å². The Hall–Kier alpha value is -0.710. The van der Waals surface area contributed by atoms with Crippen LogP contribution < -0.4 is 4.74 Å². The van der Waals surface area contributed by atoms with Gasteiger partial charge in [-0.15, -0.1) is 13.2 Å². The summed E-state index contributed by atoms with van der Waals surface area (Å²) in [6, 6.07) is 0. The molecule has 9 heteroatoms. The standard InChI is InChI=1S/C8H5F5INO2/c9-7(10)5-4(17-8(11,12)13)1-15-3(2-16)6(5)14/h1,7,16H,2H2. The number of pyridine rings is 1. The first-order valence-corrected chi connectivity index (χ1v) is 5.16. The zero-order valence-electron chi connectivity index (χ0n) is 7.93. The van der Waals surface area contributed by atoms with E-state index in [-0.39, 0.29) is 9.26 Å². The van der Waals surface area contributed by atoms with E-state index in [1.165, 1.54) is 22.6 Å². The summed E-state index contributed by atoms with van der Waals surface area (Å²) in [5, 5.41) is 8.77. The second-order valence-electron chi connectivity index (χ2n) is 2.80. The Morgan fingerprint density at radius 2 is 2.00 bits per heavy atom. The van der Waals surface area contributed by atoms with E-state index in [4.69, 9.17) is 5.11 Å². The smallest absolute Gasteiger partial charge is 0.404 e. The predicted molar refractivity (Wildman–Crippen MR) is 54.5 cm³/mol. The Morgan fingerprint density at radius 1 is 1.41 bits per heavy atom. The Labute approximate surface area is 106 Å². The summed E-state index contributed by atoms with van der Waals surface area (Å²) in [6.07, 6.45) is -7.72. The highest BCUT2D eigenvalue weighted by atomic mass is 127. The number of rotatable bonds is 3. The lowest BCUT2D eigenvalue weighted by Crippen LogP contribution is -2.19. The molecule has 0 amide bonds. The average Bonchev–Trinajstić information content (AvgIpc) is 2.14. The summed E-state index contributed by atoms with van der Waals surface area (Å²) < 4.78 is 64.3. The summed E-state index contributed by atoms with van der Waals surface area (Å²) in [6.45, 7) is -0.649. The van der Waals surface area contributed by atoms with E-state index in [1.807, 2.05) is 0 Å². The monoisotopic (exact) mass is 369 g/mol. The maximum absolute atomic E-state index is 12.6. The third kappa shape index (κ3) is 3.63. The van der Waals surface area contributed by atoms with Gasteiger partial charge in [0.05, 0.1) is 24.1 Å². The van der Waals surface area contributed by atoms with Crippen molar-refractivity contribution in [2.24, 2.45) is 0 Å². The van der Waals surface area contributed by atoms with Crippen molar-refractivity contribution in [1.82, 2.24) is 4.98 Å². The van der Waals surface area contributed by atoms with Gasteiger partial charge in [0.2, 0.25) is 0 Å². The normalized spacial score (nSPS) is 12.0. The topological polar surface area (TPSA) is 42.4 Å². The minimum Gasteiger partial charge on any atom is -0.404 e. The number of aliphatic hydroxyl groups excluding tert-OH is 1. The van der Waals surface area contributed by atoms with Crippen LogP contribution in [0.4, 0.5) is 22.0 Å². The molecule has 17 heavy (non-hydrogen) atoms. The van der Waals surface area contributed by atoms with Gasteiger partial charge >= 0.3 is 6.36 Å². The fourth-order valence-electron chi connectivity index (χ4n) is 1.05. The number of ether oxygens (including phenoxy) is 1. The van der Waals surface area contributed by atoms with Crippen molar-refractivity contribution in [1.29, 1.82) is 0 Å². The summed E-state index contributed by atoms with van der Waals surface area (Å²) >= 11 is 1.38. The van der Waals surface area contributed by atoms with Crippen LogP contribution in [-0.2, 0) is 6.61 Å². The largest absolute Gasteiger partial charge is 0.573 e. The summed E-state index contributed by atoms with van der Waals surface area (Å²) in [7, 11) is 0. The molecule has 0 bridgehead atoms. The van der Waals surface area contributed by atoms with Gasteiger partial charge in [0.25, 0.3) is 6.43 Å². The van der Waals surface area contributed by atoms with Gasteiger partial charge < -0.3 is 9.84 Å². The molecular formula is C8H5F5INO2. The molecular weight excluding hydrogens is 364 g/mol. The van der Waals surface area contributed by atoms with Crippen LogP contribution in [0.5, 0.6) is 5.75 Å². The van der Waals surface area contributed by atoms with Gasteiger partial charge in [-0.1, -0.05) is 0 Å². The molecule has 1 aromatic rings. The zero-order valence-corrected chi connectivity index (χ0v) is 10.1. The number of aromatic nitrogens is 1. The minimum atomic E-state index is -5.07. The molecule has 0 fully saturated rings. The number of hydrogen-bond donors (Lipinski definition) is 1. The maximum atomic E-state index is 12.6. The summed E-state index contributed by atoms with van der Waals surface area (Å²) in [5.41, 5.74) is -1.06. The molecule has 0 aromatic carbocycles. The van der Waals surface area contributed by atoms with E-state index in [2.05, 4.69) is 9.72 Å². The van der Waals surface area contributed by atoms with Gasteiger partial charge in [-0.05, 0) is 22.6 Å².